The third-order valence-electron chi connectivity index (χ3n) is 4.00. The van der Waals surface area contributed by atoms with Crippen molar-refractivity contribution in [2.24, 2.45) is 5.92 Å². The van der Waals surface area contributed by atoms with Gasteiger partial charge in [0.25, 0.3) is 0 Å². The average Bonchev–Trinajstić information content (AvgIpc) is 2.47. The van der Waals surface area contributed by atoms with E-state index in [0.717, 1.165) is 31.5 Å². The zero-order chi connectivity index (χ0) is 15.4. The lowest BCUT2D eigenvalue weighted by atomic mass is 9.87. The Morgan fingerprint density at radius 2 is 1.90 bits per heavy atom. The van der Waals surface area contributed by atoms with Crippen molar-refractivity contribution in [3.05, 3.63) is 34.9 Å². The van der Waals surface area contributed by atoms with E-state index in [4.69, 9.17) is 11.6 Å². The summed E-state index contributed by atoms with van der Waals surface area (Å²) in [5.74, 6) is 0.369. The molecule has 0 saturated carbocycles. The summed E-state index contributed by atoms with van der Waals surface area (Å²) in [5, 5.41) is 11.1. The lowest BCUT2D eigenvalue weighted by Gasteiger charge is -2.35. The van der Waals surface area contributed by atoms with Crippen LogP contribution in [0.15, 0.2) is 24.3 Å². The molecule has 1 heterocycles. The molecule has 1 saturated heterocycles. The van der Waals surface area contributed by atoms with Crippen LogP contribution in [0.1, 0.15) is 24.5 Å². The topological polar surface area (TPSA) is 43.8 Å². The quantitative estimate of drug-likeness (QED) is 0.927. The van der Waals surface area contributed by atoms with E-state index in [0.29, 0.717) is 11.6 Å². The third kappa shape index (κ3) is 4.43. The highest BCUT2D eigenvalue weighted by Crippen LogP contribution is 2.31. The molecular weight excluding hydrogens is 288 g/mol. The molecule has 5 heteroatoms. The van der Waals surface area contributed by atoms with Gasteiger partial charge in [-0.1, -0.05) is 23.7 Å². The highest BCUT2D eigenvalue weighted by Gasteiger charge is 2.28. The fourth-order valence-electron chi connectivity index (χ4n) is 2.77. The molecule has 1 aromatic carbocycles. The first kappa shape index (κ1) is 16.3. The summed E-state index contributed by atoms with van der Waals surface area (Å²) in [4.78, 5) is 15.8. The Hall–Kier alpha value is -1.10. The van der Waals surface area contributed by atoms with Gasteiger partial charge in [-0.15, -0.1) is 0 Å². The summed E-state index contributed by atoms with van der Waals surface area (Å²) in [6.45, 7) is 1.90. The number of carbonyl (C=O) groups excluding carboxylic acids is 1. The van der Waals surface area contributed by atoms with Gasteiger partial charge in [-0.2, -0.15) is 0 Å². The number of carbonyl (C=O) groups is 1. The molecule has 1 atom stereocenters. The number of likely N-dealkylation sites (N-methyl/N-ethyl adjacent to an activating group) is 1. The second-order valence-electron chi connectivity index (χ2n) is 5.95. The third-order valence-corrected chi connectivity index (χ3v) is 4.25. The Kier molecular flexibility index (Phi) is 5.62. The van der Waals surface area contributed by atoms with Crippen LogP contribution in [0.3, 0.4) is 0 Å². The van der Waals surface area contributed by atoms with E-state index >= 15 is 0 Å². The summed E-state index contributed by atoms with van der Waals surface area (Å²) in [5.41, 5.74) is 0.900. The molecule has 0 radical (unpaired) electrons. The number of halogens is 1. The molecule has 116 valence electrons. The van der Waals surface area contributed by atoms with Gasteiger partial charge in [0.15, 0.2) is 0 Å². The Balaban J connectivity index is 1.88. The second kappa shape index (κ2) is 7.25. The van der Waals surface area contributed by atoms with Gasteiger partial charge in [0, 0.05) is 18.1 Å². The average molecular weight is 311 g/mol. The standard InChI is InChI=1S/C16H23ClN2O2/c1-18(2)11-15(20)19-9-7-13(8-10-19)16(21)12-3-5-14(17)6-4-12/h3-6,13,16,21H,7-11H2,1-2H3. The van der Waals surface area contributed by atoms with Gasteiger partial charge >= 0.3 is 0 Å². The molecule has 0 bridgehead atoms. The predicted octanol–water partition coefficient (Wildman–Crippen LogP) is 2.17. The SMILES string of the molecule is CN(C)CC(=O)N1CCC(C(O)c2ccc(Cl)cc2)CC1. The Labute approximate surface area is 131 Å². The van der Waals surface area contributed by atoms with Crippen LogP contribution in [0.4, 0.5) is 0 Å². The molecule has 1 amide bonds. The van der Waals surface area contributed by atoms with Crippen molar-refractivity contribution in [2.75, 3.05) is 33.7 Å². The molecule has 21 heavy (non-hydrogen) atoms. The minimum atomic E-state index is -0.478. The molecule has 1 aliphatic rings. The van der Waals surface area contributed by atoms with E-state index in [1.54, 1.807) is 12.1 Å². The minimum Gasteiger partial charge on any atom is -0.388 e. The first-order valence-electron chi connectivity index (χ1n) is 7.33. The Morgan fingerprint density at radius 1 is 1.33 bits per heavy atom. The molecule has 1 aromatic rings. The fraction of sp³-hybridized carbons (Fsp3) is 0.562. The van der Waals surface area contributed by atoms with Crippen molar-refractivity contribution >= 4 is 17.5 Å². The van der Waals surface area contributed by atoms with Crippen molar-refractivity contribution in [1.29, 1.82) is 0 Å². The largest absolute Gasteiger partial charge is 0.388 e. The Morgan fingerprint density at radius 3 is 2.43 bits per heavy atom. The maximum absolute atomic E-state index is 12.0. The van der Waals surface area contributed by atoms with E-state index in [2.05, 4.69) is 0 Å². The molecule has 1 fully saturated rings. The van der Waals surface area contributed by atoms with Crippen molar-refractivity contribution in [2.45, 2.75) is 18.9 Å². The van der Waals surface area contributed by atoms with Crippen LogP contribution in [0.25, 0.3) is 0 Å². The highest BCUT2D eigenvalue weighted by atomic mass is 35.5. The first-order valence-corrected chi connectivity index (χ1v) is 7.71. The maximum atomic E-state index is 12.0. The number of hydrogen-bond acceptors (Lipinski definition) is 3. The summed E-state index contributed by atoms with van der Waals surface area (Å²) >= 11 is 5.87. The van der Waals surface area contributed by atoms with Crippen molar-refractivity contribution < 1.29 is 9.90 Å². The van der Waals surface area contributed by atoms with Gasteiger partial charge in [-0.05, 0) is 50.6 Å². The van der Waals surface area contributed by atoms with Crippen LogP contribution < -0.4 is 0 Å². The molecule has 4 nitrogen and oxygen atoms in total. The van der Waals surface area contributed by atoms with Crippen molar-refractivity contribution in [3.63, 3.8) is 0 Å². The lowest BCUT2D eigenvalue weighted by Crippen LogP contribution is -2.43. The molecule has 0 spiro atoms. The van der Waals surface area contributed by atoms with Gasteiger partial charge in [-0.25, -0.2) is 0 Å². The van der Waals surface area contributed by atoms with Crippen LogP contribution in [-0.2, 0) is 4.79 Å². The van der Waals surface area contributed by atoms with Gasteiger partial charge in [0.1, 0.15) is 0 Å². The first-order chi connectivity index (χ1) is 9.97. The van der Waals surface area contributed by atoms with Crippen LogP contribution in [0, 0.1) is 5.92 Å². The predicted molar refractivity (Wildman–Crippen MR) is 84.3 cm³/mol. The van der Waals surface area contributed by atoms with Gasteiger partial charge < -0.3 is 14.9 Å². The van der Waals surface area contributed by atoms with E-state index in [-0.39, 0.29) is 11.8 Å². The summed E-state index contributed by atoms with van der Waals surface area (Å²) in [6, 6.07) is 7.35. The number of aliphatic hydroxyl groups excluding tert-OH is 1. The zero-order valence-electron chi connectivity index (χ0n) is 12.6. The maximum Gasteiger partial charge on any atom is 0.236 e. The summed E-state index contributed by atoms with van der Waals surface area (Å²) in [7, 11) is 3.80. The van der Waals surface area contributed by atoms with Gasteiger partial charge in [0.2, 0.25) is 5.91 Å². The number of hydrogen-bond donors (Lipinski definition) is 1. The minimum absolute atomic E-state index is 0.166. The number of benzene rings is 1. The number of rotatable bonds is 4. The summed E-state index contributed by atoms with van der Waals surface area (Å²) in [6.07, 6.45) is 1.19. The molecule has 1 aliphatic heterocycles. The molecule has 2 rings (SSSR count). The molecule has 0 aliphatic carbocycles. The highest BCUT2D eigenvalue weighted by molar-refractivity contribution is 6.30. The Bertz CT molecular complexity index is 468. The molecule has 1 unspecified atom stereocenters. The van der Waals surface area contributed by atoms with Crippen molar-refractivity contribution in [3.8, 4) is 0 Å². The van der Waals surface area contributed by atoms with E-state index in [9.17, 15) is 9.90 Å². The number of amides is 1. The summed E-state index contributed by atoms with van der Waals surface area (Å²) < 4.78 is 0. The molecular formula is C16H23ClN2O2. The zero-order valence-corrected chi connectivity index (χ0v) is 13.4. The lowest BCUT2D eigenvalue weighted by molar-refractivity contribution is -0.133. The number of nitrogens with zero attached hydrogens (tertiary/aromatic N) is 2. The van der Waals surface area contributed by atoms with Crippen molar-refractivity contribution in [1.82, 2.24) is 9.80 Å². The van der Waals surface area contributed by atoms with Crippen LogP contribution in [0.5, 0.6) is 0 Å². The normalized spacial score (nSPS) is 18.0. The smallest absolute Gasteiger partial charge is 0.236 e. The monoisotopic (exact) mass is 310 g/mol. The second-order valence-corrected chi connectivity index (χ2v) is 6.39. The van der Waals surface area contributed by atoms with Gasteiger partial charge in [0.05, 0.1) is 12.6 Å². The number of piperidine rings is 1. The van der Waals surface area contributed by atoms with E-state index in [1.807, 2.05) is 36.0 Å². The van der Waals surface area contributed by atoms with Crippen LogP contribution in [0.2, 0.25) is 5.02 Å². The van der Waals surface area contributed by atoms with Gasteiger partial charge in [-0.3, -0.25) is 4.79 Å². The van der Waals surface area contributed by atoms with E-state index < -0.39 is 6.10 Å². The fourth-order valence-corrected chi connectivity index (χ4v) is 2.89. The van der Waals surface area contributed by atoms with Crippen LogP contribution >= 0.6 is 11.6 Å². The number of aliphatic hydroxyl groups is 1. The molecule has 0 aromatic heterocycles. The van der Waals surface area contributed by atoms with Crippen LogP contribution in [-0.4, -0.2) is 54.5 Å². The van der Waals surface area contributed by atoms with E-state index in [1.165, 1.54) is 0 Å². The molecule has 1 N–H and O–H groups in total. The number of likely N-dealkylation sites (tertiary alicyclic amines) is 1.